The second-order valence-electron chi connectivity index (χ2n) is 6.61. The largest absolute Gasteiger partial charge is 0.484 e. The highest BCUT2D eigenvalue weighted by Crippen LogP contribution is 2.28. The van der Waals surface area contributed by atoms with Gasteiger partial charge in [0.15, 0.2) is 11.6 Å². The van der Waals surface area contributed by atoms with E-state index in [2.05, 4.69) is 26.3 Å². The molecular formula is C22H16BrClFN3O3. The van der Waals surface area contributed by atoms with Crippen molar-refractivity contribution in [3.63, 3.8) is 0 Å². The zero-order valence-corrected chi connectivity index (χ0v) is 18.4. The number of nitrogens with one attached hydrogen (secondary N) is 1. The maximum absolute atomic E-state index is 13.3. The quantitative estimate of drug-likeness (QED) is 0.340. The Kier molecular flexibility index (Phi) is 6.39. The van der Waals surface area contributed by atoms with Gasteiger partial charge in [0.25, 0.3) is 5.91 Å². The molecule has 0 fully saturated rings. The lowest BCUT2D eigenvalue weighted by atomic mass is 10.2. The molecule has 6 nitrogen and oxygen atoms in total. The molecule has 2 aromatic carbocycles. The number of aromatic nitrogens is 2. The van der Waals surface area contributed by atoms with Gasteiger partial charge in [0, 0.05) is 16.7 Å². The van der Waals surface area contributed by atoms with Crippen molar-refractivity contribution < 1.29 is 18.3 Å². The first kappa shape index (κ1) is 21.1. The first-order chi connectivity index (χ1) is 15.0. The SMILES string of the molecule is O=C(Nc1ccn(Cc2cccc(F)c2)n1)c1ccc(COc2ccc(Br)cc2Cl)o1. The van der Waals surface area contributed by atoms with Gasteiger partial charge in [-0.1, -0.05) is 39.7 Å². The van der Waals surface area contributed by atoms with Gasteiger partial charge in [-0.15, -0.1) is 0 Å². The maximum Gasteiger partial charge on any atom is 0.292 e. The number of hydrogen-bond acceptors (Lipinski definition) is 4. The predicted molar refractivity (Wildman–Crippen MR) is 118 cm³/mol. The highest BCUT2D eigenvalue weighted by atomic mass is 79.9. The van der Waals surface area contributed by atoms with Gasteiger partial charge in [0.05, 0.1) is 11.6 Å². The van der Waals surface area contributed by atoms with Gasteiger partial charge in [0.2, 0.25) is 0 Å². The molecule has 31 heavy (non-hydrogen) atoms. The molecule has 0 atom stereocenters. The number of halogens is 3. The van der Waals surface area contributed by atoms with Crippen LogP contribution in [0.25, 0.3) is 0 Å². The fourth-order valence-corrected chi connectivity index (χ4v) is 3.56. The molecule has 2 heterocycles. The Balaban J connectivity index is 1.34. The summed E-state index contributed by atoms with van der Waals surface area (Å²) in [4.78, 5) is 12.4. The molecule has 0 aliphatic rings. The third-order valence-electron chi connectivity index (χ3n) is 4.27. The number of carbonyl (C=O) groups excluding carboxylic acids is 1. The number of hydrogen-bond donors (Lipinski definition) is 1. The molecule has 9 heteroatoms. The summed E-state index contributed by atoms with van der Waals surface area (Å²) in [5, 5.41) is 7.42. The van der Waals surface area contributed by atoms with Crippen LogP contribution < -0.4 is 10.1 Å². The highest BCUT2D eigenvalue weighted by molar-refractivity contribution is 9.10. The van der Waals surface area contributed by atoms with Crippen LogP contribution in [0, 0.1) is 5.82 Å². The van der Waals surface area contributed by atoms with Crippen molar-refractivity contribution >= 4 is 39.3 Å². The number of rotatable bonds is 7. The molecule has 2 aromatic heterocycles. The van der Waals surface area contributed by atoms with E-state index in [-0.39, 0.29) is 18.2 Å². The molecule has 0 saturated carbocycles. The molecule has 0 aliphatic heterocycles. The van der Waals surface area contributed by atoms with Crippen molar-refractivity contribution in [3.8, 4) is 5.75 Å². The van der Waals surface area contributed by atoms with Crippen molar-refractivity contribution in [2.75, 3.05) is 5.32 Å². The van der Waals surface area contributed by atoms with Crippen molar-refractivity contribution in [3.05, 3.63) is 99.3 Å². The van der Waals surface area contributed by atoms with Crippen molar-refractivity contribution in [2.24, 2.45) is 0 Å². The van der Waals surface area contributed by atoms with Crippen LogP contribution in [0.1, 0.15) is 21.9 Å². The van der Waals surface area contributed by atoms with Gasteiger partial charge < -0.3 is 14.5 Å². The minimum Gasteiger partial charge on any atom is -0.484 e. The zero-order valence-electron chi connectivity index (χ0n) is 16.0. The molecule has 4 rings (SSSR count). The molecule has 0 saturated heterocycles. The molecule has 158 valence electrons. The topological polar surface area (TPSA) is 69.3 Å². The molecule has 0 bridgehead atoms. The van der Waals surface area contributed by atoms with Crippen LogP contribution in [0.5, 0.6) is 5.75 Å². The summed E-state index contributed by atoms with van der Waals surface area (Å²) in [5.41, 5.74) is 0.766. The van der Waals surface area contributed by atoms with E-state index in [1.54, 1.807) is 53.3 Å². The molecule has 0 aliphatic carbocycles. The molecule has 0 spiro atoms. The first-order valence-corrected chi connectivity index (χ1v) is 10.4. The van der Waals surface area contributed by atoms with E-state index < -0.39 is 5.91 Å². The minimum atomic E-state index is -0.441. The number of amides is 1. The summed E-state index contributed by atoms with van der Waals surface area (Å²) in [5.74, 6) is 0.719. The standard InChI is InChI=1S/C22H16BrClFN3O3/c23-15-4-6-19(18(24)11-15)30-13-17-5-7-20(31-17)22(29)26-21-8-9-28(27-21)12-14-2-1-3-16(25)10-14/h1-11H,12-13H2,(H,26,27,29). The number of nitrogens with zero attached hydrogens (tertiary/aromatic N) is 2. The number of carbonyl (C=O) groups is 1. The lowest BCUT2D eigenvalue weighted by Gasteiger charge is -2.06. The van der Waals surface area contributed by atoms with Gasteiger partial charge in [-0.05, 0) is 48.0 Å². The summed E-state index contributed by atoms with van der Waals surface area (Å²) in [6, 6.07) is 16.4. The van der Waals surface area contributed by atoms with Gasteiger partial charge in [-0.2, -0.15) is 5.10 Å². The van der Waals surface area contributed by atoms with Crippen LogP contribution in [0.2, 0.25) is 5.02 Å². The Bertz CT molecular complexity index is 1220. The number of benzene rings is 2. The average Bonchev–Trinajstić information content (AvgIpc) is 3.37. The Morgan fingerprint density at radius 3 is 2.87 bits per heavy atom. The van der Waals surface area contributed by atoms with Crippen LogP contribution in [-0.4, -0.2) is 15.7 Å². The summed E-state index contributed by atoms with van der Waals surface area (Å²) < 4.78 is 27.0. The molecular weight excluding hydrogens is 489 g/mol. The van der Waals surface area contributed by atoms with E-state index >= 15 is 0 Å². The van der Waals surface area contributed by atoms with Crippen LogP contribution in [0.3, 0.4) is 0 Å². The normalized spacial score (nSPS) is 10.8. The molecule has 4 aromatic rings. The van der Waals surface area contributed by atoms with Crippen molar-refractivity contribution in [2.45, 2.75) is 13.2 Å². The molecule has 0 unspecified atom stereocenters. The van der Waals surface area contributed by atoms with Crippen LogP contribution in [0.15, 0.2) is 75.8 Å². The average molecular weight is 505 g/mol. The summed E-state index contributed by atoms with van der Waals surface area (Å²) in [7, 11) is 0. The number of ether oxygens (including phenoxy) is 1. The van der Waals surface area contributed by atoms with Gasteiger partial charge in [-0.25, -0.2) is 4.39 Å². The van der Waals surface area contributed by atoms with Crippen molar-refractivity contribution in [1.82, 2.24) is 9.78 Å². The third kappa shape index (κ3) is 5.53. The molecule has 1 amide bonds. The minimum absolute atomic E-state index is 0.122. The lowest BCUT2D eigenvalue weighted by Crippen LogP contribution is -2.12. The van der Waals surface area contributed by atoms with Gasteiger partial charge >= 0.3 is 0 Å². The van der Waals surface area contributed by atoms with Gasteiger partial charge in [0.1, 0.15) is 23.9 Å². The Labute approximate surface area is 190 Å². The summed E-state index contributed by atoms with van der Waals surface area (Å²) >= 11 is 9.46. The monoisotopic (exact) mass is 503 g/mol. The Hall–Kier alpha value is -3.10. The Morgan fingerprint density at radius 1 is 1.19 bits per heavy atom. The van der Waals surface area contributed by atoms with E-state index in [4.69, 9.17) is 20.8 Å². The highest BCUT2D eigenvalue weighted by Gasteiger charge is 2.14. The van der Waals surface area contributed by atoms with E-state index in [9.17, 15) is 9.18 Å². The van der Waals surface area contributed by atoms with Crippen LogP contribution >= 0.6 is 27.5 Å². The van der Waals surface area contributed by atoms with Crippen LogP contribution in [0.4, 0.5) is 10.2 Å². The lowest BCUT2D eigenvalue weighted by molar-refractivity contribution is 0.0992. The smallest absolute Gasteiger partial charge is 0.292 e. The fourth-order valence-electron chi connectivity index (χ4n) is 2.84. The third-order valence-corrected chi connectivity index (χ3v) is 5.05. The predicted octanol–water partition coefficient (Wildman–Crippen LogP) is 5.91. The summed E-state index contributed by atoms with van der Waals surface area (Å²) in [6.45, 7) is 0.505. The van der Waals surface area contributed by atoms with Crippen molar-refractivity contribution in [1.29, 1.82) is 0 Å². The molecule has 0 radical (unpaired) electrons. The zero-order chi connectivity index (χ0) is 21.8. The number of furan rings is 1. The summed E-state index contributed by atoms with van der Waals surface area (Å²) in [6.07, 6.45) is 1.70. The van der Waals surface area contributed by atoms with Gasteiger partial charge in [-0.3, -0.25) is 9.48 Å². The number of anilines is 1. The first-order valence-electron chi connectivity index (χ1n) is 9.22. The maximum atomic E-state index is 13.3. The van der Waals surface area contributed by atoms with E-state index in [1.807, 2.05) is 6.07 Å². The molecule has 1 N–H and O–H groups in total. The fraction of sp³-hybridized carbons (Fsp3) is 0.0909. The van der Waals surface area contributed by atoms with Crippen LogP contribution in [-0.2, 0) is 13.2 Å². The second kappa shape index (κ2) is 9.36. The van der Waals surface area contributed by atoms with E-state index in [1.165, 1.54) is 12.1 Å². The Morgan fingerprint density at radius 2 is 2.06 bits per heavy atom. The second-order valence-corrected chi connectivity index (χ2v) is 7.93. The van der Waals surface area contributed by atoms with E-state index in [0.29, 0.717) is 28.9 Å². The van der Waals surface area contributed by atoms with E-state index in [0.717, 1.165) is 10.0 Å².